The van der Waals surface area contributed by atoms with E-state index in [9.17, 15) is 9.59 Å². The van der Waals surface area contributed by atoms with Gasteiger partial charge in [0.15, 0.2) is 5.82 Å². The number of aromatic nitrogens is 3. The molecule has 0 bridgehead atoms. The number of nitrogens with zero attached hydrogens (tertiary/aromatic N) is 4. The molecule has 1 N–H and O–H groups in total. The highest BCUT2D eigenvalue weighted by molar-refractivity contribution is 5.95. The molecule has 0 unspecified atom stereocenters. The van der Waals surface area contributed by atoms with Gasteiger partial charge in [0.05, 0.1) is 11.3 Å². The smallest absolute Gasteiger partial charge is 0.293 e. The molecule has 0 atom stereocenters. The third-order valence-electron chi connectivity index (χ3n) is 5.41. The lowest BCUT2D eigenvalue weighted by Gasteiger charge is -2.32. The van der Waals surface area contributed by atoms with Gasteiger partial charge in [-0.1, -0.05) is 0 Å². The molecule has 4 rings (SSSR count). The van der Waals surface area contributed by atoms with Gasteiger partial charge in [-0.2, -0.15) is 0 Å². The van der Waals surface area contributed by atoms with Crippen LogP contribution in [-0.4, -0.2) is 39.6 Å². The van der Waals surface area contributed by atoms with E-state index in [-0.39, 0.29) is 17.5 Å². The van der Waals surface area contributed by atoms with Gasteiger partial charge in [-0.25, -0.2) is 4.98 Å². The summed E-state index contributed by atoms with van der Waals surface area (Å²) in [6, 6.07) is 3.80. The molecule has 1 aliphatic heterocycles. The number of carbonyl (C=O) groups is 1. The van der Waals surface area contributed by atoms with Gasteiger partial charge in [0, 0.05) is 50.2 Å². The summed E-state index contributed by atoms with van der Waals surface area (Å²) in [6.07, 6.45) is 8.99. The van der Waals surface area contributed by atoms with E-state index < -0.39 is 0 Å². The number of rotatable bonds is 5. The number of pyridine rings is 1. The zero-order valence-corrected chi connectivity index (χ0v) is 15.6. The van der Waals surface area contributed by atoms with Crippen LogP contribution in [0.3, 0.4) is 0 Å². The van der Waals surface area contributed by atoms with Gasteiger partial charge in [-0.05, 0) is 44.7 Å². The highest BCUT2D eigenvalue weighted by atomic mass is 16.2. The van der Waals surface area contributed by atoms with Crippen molar-refractivity contribution in [1.82, 2.24) is 19.9 Å². The van der Waals surface area contributed by atoms with Crippen molar-refractivity contribution in [2.24, 2.45) is 0 Å². The van der Waals surface area contributed by atoms with Gasteiger partial charge in [-0.3, -0.25) is 14.6 Å². The van der Waals surface area contributed by atoms with Gasteiger partial charge in [0.2, 0.25) is 0 Å². The molecule has 27 heavy (non-hydrogen) atoms. The van der Waals surface area contributed by atoms with E-state index in [0.29, 0.717) is 36.9 Å². The number of carbonyl (C=O) groups excluding carboxylic acids is 1. The summed E-state index contributed by atoms with van der Waals surface area (Å²) in [5.74, 6) is 0.917. The first-order chi connectivity index (χ1) is 13.2. The minimum atomic E-state index is -0.0491. The summed E-state index contributed by atoms with van der Waals surface area (Å²) in [6.45, 7) is 4.00. The van der Waals surface area contributed by atoms with Gasteiger partial charge in [0.1, 0.15) is 0 Å². The van der Waals surface area contributed by atoms with Crippen molar-refractivity contribution in [3.8, 4) is 0 Å². The third kappa shape index (κ3) is 3.72. The molecule has 0 spiro atoms. The van der Waals surface area contributed by atoms with Crippen molar-refractivity contribution in [2.45, 2.75) is 51.1 Å². The van der Waals surface area contributed by atoms with Crippen molar-refractivity contribution in [2.75, 3.05) is 18.0 Å². The Hall–Kier alpha value is -2.70. The van der Waals surface area contributed by atoms with Crippen LogP contribution in [0.2, 0.25) is 0 Å². The summed E-state index contributed by atoms with van der Waals surface area (Å²) in [7, 11) is 0. The minimum absolute atomic E-state index is 0.0328. The number of hydrogen-bond acceptors (Lipinski definition) is 5. The molecule has 0 aromatic carbocycles. The van der Waals surface area contributed by atoms with Crippen LogP contribution in [0.15, 0.2) is 35.5 Å². The first-order valence-corrected chi connectivity index (χ1v) is 9.73. The predicted octanol–water partition coefficient (Wildman–Crippen LogP) is 1.93. The van der Waals surface area contributed by atoms with Crippen LogP contribution in [0, 0.1) is 0 Å². The third-order valence-corrected chi connectivity index (χ3v) is 5.41. The summed E-state index contributed by atoms with van der Waals surface area (Å²) in [5.41, 5.74) is 1.59. The highest BCUT2D eigenvalue weighted by Crippen LogP contribution is 2.40. The predicted molar refractivity (Wildman–Crippen MR) is 103 cm³/mol. The number of piperidine rings is 1. The number of aryl methyl sites for hydroxylation is 1. The molecule has 1 aliphatic carbocycles. The van der Waals surface area contributed by atoms with Crippen molar-refractivity contribution < 1.29 is 4.79 Å². The zero-order valence-electron chi connectivity index (χ0n) is 15.6. The summed E-state index contributed by atoms with van der Waals surface area (Å²) in [5, 5.41) is 3.16. The molecule has 1 saturated carbocycles. The van der Waals surface area contributed by atoms with E-state index in [2.05, 4.69) is 15.3 Å². The highest BCUT2D eigenvalue weighted by Gasteiger charge is 2.30. The first kappa shape index (κ1) is 17.7. The number of hydrogen-bond donors (Lipinski definition) is 1. The van der Waals surface area contributed by atoms with E-state index >= 15 is 0 Å². The maximum Gasteiger partial charge on any atom is 0.293 e. The maximum atomic E-state index is 12.7. The Labute approximate surface area is 158 Å². The Balaban J connectivity index is 1.39. The zero-order chi connectivity index (χ0) is 18.8. The average Bonchev–Trinajstić information content (AvgIpc) is 3.54. The van der Waals surface area contributed by atoms with E-state index in [4.69, 9.17) is 0 Å². The van der Waals surface area contributed by atoms with Crippen molar-refractivity contribution in [3.63, 3.8) is 0 Å². The molecule has 2 aliphatic rings. The van der Waals surface area contributed by atoms with E-state index in [1.54, 1.807) is 23.2 Å². The fourth-order valence-electron chi connectivity index (χ4n) is 3.69. The van der Waals surface area contributed by atoms with Crippen LogP contribution in [0.4, 0.5) is 5.82 Å². The van der Waals surface area contributed by atoms with Crippen LogP contribution in [0.1, 0.15) is 54.6 Å². The Kier molecular flexibility index (Phi) is 4.92. The first-order valence-electron chi connectivity index (χ1n) is 9.73. The van der Waals surface area contributed by atoms with Crippen molar-refractivity contribution >= 4 is 11.7 Å². The Morgan fingerprint density at radius 3 is 2.67 bits per heavy atom. The molecule has 3 heterocycles. The van der Waals surface area contributed by atoms with E-state index in [0.717, 1.165) is 31.4 Å². The number of amides is 1. The second-order valence-corrected chi connectivity index (χ2v) is 7.29. The van der Waals surface area contributed by atoms with Crippen LogP contribution >= 0.6 is 0 Å². The second-order valence-electron chi connectivity index (χ2n) is 7.29. The fraction of sp³-hybridized carbons (Fsp3) is 0.500. The van der Waals surface area contributed by atoms with Crippen molar-refractivity contribution in [1.29, 1.82) is 0 Å². The minimum Gasteiger partial charge on any atom is -0.352 e. The van der Waals surface area contributed by atoms with Gasteiger partial charge in [0.25, 0.3) is 11.5 Å². The summed E-state index contributed by atoms with van der Waals surface area (Å²) < 4.78 is 1.66. The quantitative estimate of drug-likeness (QED) is 0.873. The molecule has 1 amide bonds. The SMILES string of the molecule is CCn1ccnc(N2CCC(NC(=O)c3cccnc3C3CC3)CC2)c1=O. The Bertz CT molecular complexity index is 882. The molecular weight excluding hydrogens is 342 g/mol. The lowest BCUT2D eigenvalue weighted by molar-refractivity contribution is 0.0929. The number of nitrogens with one attached hydrogen (secondary N) is 1. The molecule has 7 heteroatoms. The molecular formula is C20H25N5O2. The molecule has 2 aromatic heterocycles. The van der Waals surface area contributed by atoms with Crippen molar-refractivity contribution in [3.05, 3.63) is 52.3 Å². The topological polar surface area (TPSA) is 80.1 Å². The summed E-state index contributed by atoms with van der Waals surface area (Å²) >= 11 is 0. The maximum absolute atomic E-state index is 12.7. The van der Waals surface area contributed by atoms with Crippen LogP contribution in [0.5, 0.6) is 0 Å². The molecule has 1 saturated heterocycles. The van der Waals surface area contributed by atoms with E-state index in [1.807, 2.05) is 24.0 Å². The van der Waals surface area contributed by atoms with Gasteiger partial charge in [-0.15, -0.1) is 0 Å². The van der Waals surface area contributed by atoms with Crippen LogP contribution < -0.4 is 15.8 Å². The molecule has 2 fully saturated rings. The second kappa shape index (κ2) is 7.50. The largest absolute Gasteiger partial charge is 0.352 e. The monoisotopic (exact) mass is 367 g/mol. The molecule has 7 nitrogen and oxygen atoms in total. The normalized spacial score (nSPS) is 17.7. The van der Waals surface area contributed by atoms with E-state index in [1.165, 1.54) is 0 Å². The standard InChI is InChI=1S/C20H25N5O2/c1-2-24-13-10-22-18(20(24)27)25-11-7-15(8-12-25)23-19(26)16-4-3-9-21-17(16)14-5-6-14/h3-4,9-10,13-15H,2,5-8,11-12H2,1H3,(H,23,26). The fourth-order valence-corrected chi connectivity index (χ4v) is 3.69. The Morgan fingerprint density at radius 2 is 1.96 bits per heavy atom. The van der Waals surface area contributed by atoms with Gasteiger partial charge >= 0.3 is 0 Å². The van der Waals surface area contributed by atoms with Gasteiger partial charge < -0.3 is 14.8 Å². The molecule has 142 valence electrons. The lowest BCUT2D eigenvalue weighted by atomic mass is 10.0. The Morgan fingerprint density at radius 1 is 1.19 bits per heavy atom. The molecule has 2 aromatic rings. The summed E-state index contributed by atoms with van der Waals surface area (Å²) in [4.78, 5) is 35.9. The van der Waals surface area contributed by atoms with Crippen LogP contribution in [-0.2, 0) is 6.54 Å². The molecule has 0 radical (unpaired) electrons. The van der Waals surface area contributed by atoms with Crippen LogP contribution in [0.25, 0.3) is 0 Å². The average molecular weight is 367 g/mol. The lowest BCUT2D eigenvalue weighted by Crippen LogP contribution is -2.46. The number of anilines is 1.